The molecule has 0 spiro atoms. The Morgan fingerprint density at radius 2 is 2.00 bits per heavy atom. The van der Waals surface area contributed by atoms with Crippen LogP contribution in [0.5, 0.6) is 0 Å². The minimum atomic E-state index is -4.63. The third-order valence-electron chi connectivity index (χ3n) is 2.72. The number of hydrazone groups is 1. The van der Waals surface area contributed by atoms with Gasteiger partial charge in [0, 0.05) is 11.8 Å². The first-order chi connectivity index (χ1) is 7.18. The summed E-state index contributed by atoms with van der Waals surface area (Å²) in [5, 5.41) is 3.40. The van der Waals surface area contributed by atoms with Gasteiger partial charge in [-0.25, -0.2) is 5.43 Å². The van der Waals surface area contributed by atoms with Gasteiger partial charge in [0.25, 0.3) is 0 Å². The summed E-state index contributed by atoms with van der Waals surface area (Å²) in [4.78, 5) is 0. The highest BCUT2D eigenvalue weighted by Gasteiger charge is 2.60. The van der Waals surface area contributed by atoms with Crippen molar-refractivity contribution >= 4 is 5.71 Å². The predicted octanol–water partition coefficient (Wildman–Crippen LogP) is 0.470. The molecule has 1 atom stereocenters. The fourth-order valence-corrected chi connectivity index (χ4v) is 1.49. The Bertz CT molecular complexity index is 302. The molecule has 0 saturated carbocycles. The van der Waals surface area contributed by atoms with Crippen LogP contribution < -0.4 is 17.1 Å². The molecular formula is C8H15F3N4O. The number of hydrogen-bond donors (Lipinski definition) is 3. The van der Waals surface area contributed by atoms with E-state index in [0.717, 1.165) is 0 Å². The first-order valence-electron chi connectivity index (χ1n) is 4.64. The van der Waals surface area contributed by atoms with E-state index in [0.29, 0.717) is 0 Å². The molecule has 94 valence electrons. The number of alkyl halides is 3. The van der Waals surface area contributed by atoms with Crippen LogP contribution in [-0.2, 0) is 4.74 Å². The second-order valence-corrected chi connectivity index (χ2v) is 4.39. The zero-order valence-corrected chi connectivity index (χ0v) is 9.06. The Kier molecular flexibility index (Phi) is 3.19. The van der Waals surface area contributed by atoms with Gasteiger partial charge in [0.2, 0.25) is 5.72 Å². The standard InChI is InChI=1S/C8H15F3N4O/c1-6(2)4-16-7(15-13,8(9,10)11)3-5(6)14-12/h15H,3-4,12-13H2,1-2H3/t7-/m1/s1. The Morgan fingerprint density at radius 1 is 1.44 bits per heavy atom. The molecule has 8 heteroatoms. The second-order valence-electron chi connectivity index (χ2n) is 4.39. The first-order valence-corrected chi connectivity index (χ1v) is 4.64. The molecule has 0 unspecified atom stereocenters. The molecule has 1 saturated heterocycles. The van der Waals surface area contributed by atoms with Gasteiger partial charge in [-0.2, -0.15) is 18.3 Å². The maximum absolute atomic E-state index is 12.8. The van der Waals surface area contributed by atoms with Crippen LogP contribution in [0.3, 0.4) is 0 Å². The van der Waals surface area contributed by atoms with Crippen molar-refractivity contribution in [3.8, 4) is 0 Å². The summed E-state index contributed by atoms with van der Waals surface area (Å²) in [6, 6.07) is 0. The summed E-state index contributed by atoms with van der Waals surface area (Å²) >= 11 is 0. The molecule has 0 amide bonds. The number of halogens is 3. The van der Waals surface area contributed by atoms with Crippen molar-refractivity contribution < 1.29 is 17.9 Å². The van der Waals surface area contributed by atoms with Gasteiger partial charge in [0.15, 0.2) is 0 Å². The van der Waals surface area contributed by atoms with Gasteiger partial charge in [-0.1, -0.05) is 13.8 Å². The number of nitrogens with two attached hydrogens (primary N) is 2. The topological polar surface area (TPSA) is 85.7 Å². The molecule has 1 heterocycles. The van der Waals surface area contributed by atoms with Crippen molar-refractivity contribution in [2.24, 2.45) is 22.2 Å². The zero-order valence-electron chi connectivity index (χ0n) is 9.06. The van der Waals surface area contributed by atoms with Gasteiger partial charge in [-0.15, -0.1) is 0 Å². The molecule has 16 heavy (non-hydrogen) atoms. The Labute approximate surface area is 91.0 Å². The first kappa shape index (κ1) is 13.2. The lowest BCUT2D eigenvalue weighted by Gasteiger charge is -2.44. The Balaban J connectivity index is 3.04. The molecule has 0 bridgehead atoms. The zero-order chi connectivity index (χ0) is 12.6. The average molecular weight is 240 g/mol. The van der Waals surface area contributed by atoms with E-state index in [4.69, 9.17) is 16.4 Å². The fourth-order valence-electron chi connectivity index (χ4n) is 1.49. The van der Waals surface area contributed by atoms with E-state index in [1.807, 2.05) is 0 Å². The number of hydrogen-bond acceptors (Lipinski definition) is 5. The lowest BCUT2D eigenvalue weighted by molar-refractivity contribution is -0.298. The molecule has 1 rings (SSSR count). The summed E-state index contributed by atoms with van der Waals surface area (Å²) in [5.41, 5.74) is -1.33. The lowest BCUT2D eigenvalue weighted by atomic mass is 9.81. The van der Waals surface area contributed by atoms with Gasteiger partial charge in [-0.05, 0) is 0 Å². The molecule has 5 N–H and O–H groups in total. The van der Waals surface area contributed by atoms with Crippen LogP contribution in [0, 0.1) is 5.41 Å². The van der Waals surface area contributed by atoms with E-state index in [-0.39, 0.29) is 12.3 Å². The van der Waals surface area contributed by atoms with Crippen molar-refractivity contribution in [3.63, 3.8) is 0 Å². The maximum atomic E-state index is 12.8. The molecule has 1 aliphatic rings. The van der Waals surface area contributed by atoms with Crippen LogP contribution in [-0.4, -0.2) is 24.2 Å². The maximum Gasteiger partial charge on any atom is 0.432 e. The van der Waals surface area contributed by atoms with Crippen LogP contribution in [0.4, 0.5) is 13.2 Å². The summed E-state index contributed by atoms with van der Waals surface area (Å²) in [6.45, 7) is 3.25. The highest BCUT2D eigenvalue weighted by molar-refractivity contribution is 5.91. The van der Waals surface area contributed by atoms with Crippen LogP contribution in [0.15, 0.2) is 5.10 Å². The average Bonchev–Trinajstić information content (AvgIpc) is 2.16. The Morgan fingerprint density at radius 3 is 2.38 bits per heavy atom. The van der Waals surface area contributed by atoms with Crippen LogP contribution in [0.1, 0.15) is 20.3 Å². The molecule has 0 radical (unpaired) electrons. The quantitative estimate of drug-likeness (QED) is 0.459. The molecule has 0 aromatic rings. The van der Waals surface area contributed by atoms with Crippen molar-refractivity contribution in [2.75, 3.05) is 6.61 Å². The van der Waals surface area contributed by atoms with E-state index in [1.165, 1.54) is 0 Å². The van der Waals surface area contributed by atoms with Gasteiger partial charge in [0.1, 0.15) is 0 Å². The van der Waals surface area contributed by atoms with Crippen molar-refractivity contribution in [3.05, 3.63) is 0 Å². The summed E-state index contributed by atoms with van der Waals surface area (Å²) < 4.78 is 43.2. The van der Waals surface area contributed by atoms with E-state index in [2.05, 4.69) is 5.10 Å². The number of ether oxygens (including phenoxy) is 1. The van der Waals surface area contributed by atoms with Gasteiger partial charge < -0.3 is 10.6 Å². The second kappa shape index (κ2) is 3.86. The lowest BCUT2D eigenvalue weighted by Crippen LogP contribution is -2.66. The molecule has 1 aliphatic heterocycles. The number of nitrogens with one attached hydrogen (secondary N) is 1. The van der Waals surface area contributed by atoms with E-state index in [1.54, 1.807) is 19.3 Å². The molecule has 0 aromatic carbocycles. The monoisotopic (exact) mass is 240 g/mol. The molecule has 0 aliphatic carbocycles. The third kappa shape index (κ3) is 2.00. The minimum Gasteiger partial charge on any atom is -0.350 e. The summed E-state index contributed by atoms with van der Waals surface area (Å²) in [5.74, 6) is 10.0. The van der Waals surface area contributed by atoms with E-state index < -0.39 is 23.7 Å². The van der Waals surface area contributed by atoms with Crippen LogP contribution in [0.2, 0.25) is 0 Å². The largest absolute Gasteiger partial charge is 0.432 e. The number of rotatable bonds is 1. The normalized spacial score (nSPS) is 33.0. The molecule has 1 fully saturated rings. The third-order valence-corrected chi connectivity index (χ3v) is 2.72. The summed E-state index contributed by atoms with van der Waals surface area (Å²) in [7, 11) is 0. The van der Waals surface area contributed by atoms with Gasteiger partial charge in [0.05, 0.1) is 12.3 Å². The SMILES string of the molecule is CC1(C)CO[C@@](NN)(C(F)(F)F)CC1=NN. The van der Waals surface area contributed by atoms with E-state index >= 15 is 0 Å². The highest BCUT2D eigenvalue weighted by atomic mass is 19.4. The van der Waals surface area contributed by atoms with Crippen molar-refractivity contribution in [1.82, 2.24) is 5.43 Å². The fraction of sp³-hybridized carbons (Fsp3) is 0.875. The van der Waals surface area contributed by atoms with Crippen LogP contribution in [0.25, 0.3) is 0 Å². The van der Waals surface area contributed by atoms with Crippen LogP contribution >= 0.6 is 0 Å². The minimum absolute atomic E-state index is 0.160. The summed E-state index contributed by atoms with van der Waals surface area (Å²) in [6.07, 6.45) is -5.15. The van der Waals surface area contributed by atoms with E-state index in [9.17, 15) is 13.2 Å². The van der Waals surface area contributed by atoms with Crippen molar-refractivity contribution in [2.45, 2.75) is 32.2 Å². The van der Waals surface area contributed by atoms with Gasteiger partial charge in [-0.3, -0.25) is 5.84 Å². The number of nitrogens with zero attached hydrogens (tertiary/aromatic N) is 1. The predicted molar refractivity (Wildman–Crippen MR) is 52.1 cm³/mol. The Hall–Kier alpha value is -0.860. The van der Waals surface area contributed by atoms with Crippen molar-refractivity contribution in [1.29, 1.82) is 0 Å². The molecule has 0 aromatic heterocycles. The molecular weight excluding hydrogens is 225 g/mol. The highest BCUT2D eigenvalue weighted by Crippen LogP contribution is 2.41. The smallest absolute Gasteiger partial charge is 0.350 e. The van der Waals surface area contributed by atoms with Gasteiger partial charge >= 0.3 is 6.18 Å². The molecule has 5 nitrogen and oxygen atoms in total. The number of hydrazine groups is 1.